The fourth-order valence-corrected chi connectivity index (χ4v) is 2.54. The Bertz CT molecular complexity index is 623. The summed E-state index contributed by atoms with van der Waals surface area (Å²) in [6.07, 6.45) is 1.03. The van der Waals surface area contributed by atoms with Crippen LogP contribution in [0.5, 0.6) is 0 Å². The lowest BCUT2D eigenvalue weighted by Gasteiger charge is -2.20. The summed E-state index contributed by atoms with van der Waals surface area (Å²) >= 11 is 0. The zero-order valence-corrected chi connectivity index (χ0v) is 11.7. The van der Waals surface area contributed by atoms with E-state index in [4.69, 9.17) is 10.6 Å². The van der Waals surface area contributed by atoms with Crippen molar-refractivity contribution in [3.63, 3.8) is 0 Å². The van der Waals surface area contributed by atoms with Crippen molar-refractivity contribution in [2.75, 3.05) is 18.0 Å². The van der Waals surface area contributed by atoms with Crippen molar-refractivity contribution < 1.29 is 14.7 Å². The minimum Gasteiger partial charge on any atom is -0.478 e. The average molecular weight is 288 g/mol. The molecule has 7 heteroatoms. The van der Waals surface area contributed by atoms with Crippen LogP contribution in [-0.2, 0) is 11.2 Å². The van der Waals surface area contributed by atoms with Crippen LogP contribution in [0.2, 0.25) is 0 Å². The van der Waals surface area contributed by atoms with Crippen molar-refractivity contribution in [2.45, 2.75) is 19.8 Å². The number of anilines is 1. The number of benzene rings is 1. The van der Waals surface area contributed by atoms with Gasteiger partial charge in [-0.3, -0.25) is 4.79 Å². The summed E-state index contributed by atoms with van der Waals surface area (Å²) in [4.78, 5) is 27.5. The van der Waals surface area contributed by atoms with Gasteiger partial charge in [-0.25, -0.2) is 4.79 Å². The summed E-state index contributed by atoms with van der Waals surface area (Å²) in [6, 6.07) is 4.82. The summed E-state index contributed by atoms with van der Waals surface area (Å²) in [5.74, 6) is -1.10. The van der Waals surface area contributed by atoms with E-state index in [2.05, 4.69) is 10.0 Å². The maximum Gasteiger partial charge on any atom is 0.335 e. The molecule has 1 atom stereocenters. The third-order valence-electron chi connectivity index (χ3n) is 3.61. The highest BCUT2D eigenvalue weighted by molar-refractivity contribution is 5.98. The Morgan fingerprint density at radius 1 is 1.57 bits per heavy atom. The Hall–Kier alpha value is -2.53. The number of aryl methyl sites for hydroxylation is 1. The molecule has 1 N–H and O–H groups in total. The predicted octanol–water partition coefficient (Wildman–Crippen LogP) is 2.61. The molecule has 1 saturated heterocycles. The second-order valence-electron chi connectivity index (χ2n) is 4.99. The third-order valence-corrected chi connectivity index (χ3v) is 3.61. The maximum absolute atomic E-state index is 12.1. The first-order chi connectivity index (χ1) is 10.1. The van der Waals surface area contributed by atoms with E-state index in [1.165, 1.54) is 6.07 Å². The Morgan fingerprint density at radius 3 is 2.95 bits per heavy atom. The van der Waals surface area contributed by atoms with Gasteiger partial charge in [0.25, 0.3) is 0 Å². The Balaban J connectivity index is 2.32. The maximum atomic E-state index is 12.1. The molecule has 0 saturated carbocycles. The molecule has 0 radical (unpaired) electrons. The van der Waals surface area contributed by atoms with Gasteiger partial charge in [-0.2, -0.15) is 0 Å². The van der Waals surface area contributed by atoms with Crippen LogP contribution in [-0.4, -0.2) is 30.1 Å². The van der Waals surface area contributed by atoms with Crippen molar-refractivity contribution in [1.82, 2.24) is 0 Å². The van der Waals surface area contributed by atoms with Gasteiger partial charge in [0.15, 0.2) is 0 Å². The third kappa shape index (κ3) is 3.14. The van der Waals surface area contributed by atoms with Gasteiger partial charge in [0.1, 0.15) is 0 Å². The molecule has 110 valence electrons. The summed E-state index contributed by atoms with van der Waals surface area (Å²) < 4.78 is 0. The number of carbonyl (C=O) groups is 2. The number of azide groups is 1. The normalized spacial score (nSPS) is 17.7. The van der Waals surface area contributed by atoms with Gasteiger partial charge in [0.2, 0.25) is 5.91 Å². The van der Waals surface area contributed by atoms with Gasteiger partial charge in [0, 0.05) is 30.1 Å². The van der Waals surface area contributed by atoms with Crippen LogP contribution in [0.3, 0.4) is 0 Å². The van der Waals surface area contributed by atoms with Gasteiger partial charge in [-0.15, -0.1) is 0 Å². The molecule has 0 spiro atoms. The van der Waals surface area contributed by atoms with Crippen molar-refractivity contribution >= 4 is 17.6 Å². The molecule has 0 aliphatic carbocycles. The number of aromatic carboxylic acids is 1. The van der Waals surface area contributed by atoms with Gasteiger partial charge in [-0.1, -0.05) is 18.1 Å². The lowest BCUT2D eigenvalue weighted by Crippen LogP contribution is -2.26. The average Bonchev–Trinajstić information content (AvgIpc) is 2.85. The summed E-state index contributed by atoms with van der Waals surface area (Å²) in [6.45, 7) is 2.68. The number of hydrogen-bond acceptors (Lipinski definition) is 3. The van der Waals surface area contributed by atoms with Gasteiger partial charge >= 0.3 is 5.97 Å². The Kier molecular flexibility index (Phi) is 4.45. The van der Waals surface area contributed by atoms with Crippen LogP contribution < -0.4 is 4.90 Å². The smallest absolute Gasteiger partial charge is 0.335 e. The minimum atomic E-state index is -1.02. The Morgan fingerprint density at radius 2 is 2.33 bits per heavy atom. The van der Waals surface area contributed by atoms with Crippen LogP contribution in [0.4, 0.5) is 5.69 Å². The molecule has 1 aromatic carbocycles. The second-order valence-corrected chi connectivity index (χ2v) is 4.99. The number of amides is 1. The van der Waals surface area contributed by atoms with E-state index in [-0.39, 0.29) is 23.9 Å². The standard InChI is InChI=1S/C14H16N4O3/c1-2-10-3-4-11(14(20)21)6-12(10)18-8-9(5-13(18)19)7-16-17-15/h3-4,6,9H,2,5,7-8H2,1H3,(H,20,21). The summed E-state index contributed by atoms with van der Waals surface area (Å²) in [7, 11) is 0. The molecule has 2 rings (SSSR count). The largest absolute Gasteiger partial charge is 0.478 e. The lowest BCUT2D eigenvalue weighted by molar-refractivity contribution is -0.117. The van der Waals surface area contributed by atoms with Gasteiger partial charge in [-0.05, 0) is 35.6 Å². The molecule has 21 heavy (non-hydrogen) atoms. The molecule has 1 aromatic rings. The molecule has 1 aliphatic rings. The fourth-order valence-electron chi connectivity index (χ4n) is 2.54. The molecule has 0 aromatic heterocycles. The lowest BCUT2D eigenvalue weighted by atomic mass is 10.1. The number of carbonyl (C=O) groups excluding carboxylic acids is 1. The van der Waals surface area contributed by atoms with E-state index in [0.717, 1.165) is 5.56 Å². The van der Waals surface area contributed by atoms with E-state index < -0.39 is 5.97 Å². The SMILES string of the molecule is CCc1ccc(C(=O)O)cc1N1CC(CN=[N+]=[N-])CC1=O. The molecule has 1 heterocycles. The quantitative estimate of drug-likeness (QED) is 0.511. The van der Waals surface area contributed by atoms with Crippen LogP contribution >= 0.6 is 0 Å². The number of carboxylic acids is 1. The highest BCUT2D eigenvalue weighted by Crippen LogP contribution is 2.29. The fraction of sp³-hybridized carbons (Fsp3) is 0.429. The molecular weight excluding hydrogens is 272 g/mol. The number of rotatable bonds is 5. The van der Waals surface area contributed by atoms with Crippen molar-refractivity contribution in [3.8, 4) is 0 Å². The van der Waals surface area contributed by atoms with Crippen LogP contribution in [0.25, 0.3) is 10.4 Å². The molecule has 1 fully saturated rings. The molecule has 1 aliphatic heterocycles. The highest BCUT2D eigenvalue weighted by Gasteiger charge is 2.31. The first-order valence-corrected chi connectivity index (χ1v) is 6.74. The van der Waals surface area contributed by atoms with Crippen molar-refractivity contribution in [3.05, 3.63) is 39.8 Å². The van der Waals surface area contributed by atoms with E-state index in [9.17, 15) is 9.59 Å². The molecule has 1 amide bonds. The highest BCUT2D eigenvalue weighted by atomic mass is 16.4. The zero-order valence-electron chi connectivity index (χ0n) is 11.7. The monoisotopic (exact) mass is 288 g/mol. The van der Waals surface area contributed by atoms with E-state index in [1.807, 2.05) is 6.92 Å². The van der Waals surface area contributed by atoms with Crippen LogP contribution in [0.15, 0.2) is 23.3 Å². The summed E-state index contributed by atoms with van der Waals surface area (Å²) in [5, 5.41) is 12.6. The number of nitrogens with zero attached hydrogens (tertiary/aromatic N) is 4. The second kappa shape index (κ2) is 6.28. The first kappa shape index (κ1) is 14.9. The predicted molar refractivity (Wildman–Crippen MR) is 77.3 cm³/mol. The first-order valence-electron chi connectivity index (χ1n) is 6.74. The van der Waals surface area contributed by atoms with Gasteiger partial charge in [0.05, 0.1) is 5.56 Å². The van der Waals surface area contributed by atoms with Crippen molar-refractivity contribution in [2.24, 2.45) is 11.0 Å². The molecule has 0 bridgehead atoms. The van der Waals surface area contributed by atoms with E-state index in [1.54, 1.807) is 17.0 Å². The number of carboxylic acid groups (broad SMARTS) is 1. The van der Waals surface area contributed by atoms with E-state index >= 15 is 0 Å². The molecule has 1 unspecified atom stereocenters. The molecular formula is C14H16N4O3. The molecule has 7 nitrogen and oxygen atoms in total. The summed E-state index contributed by atoms with van der Waals surface area (Å²) in [5.41, 5.74) is 10.1. The van der Waals surface area contributed by atoms with Gasteiger partial charge < -0.3 is 10.0 Å². The van der Waals surface area contributed by atoms with Crippen LogP contribution in [0, 0.1) is 5.92 Å². The van der Waals surface area contributed by atoms with Crippen molar-refractivity contribution in [1.29, 1.82) is 0 Å². The van der Waals surface area contributed by atoms with Crippen LogP contribution in [0.1, 0.15) is 29.3 Å². The minimum absolute atomic E-state index is 0.0217. The zero-order chi connectivity index (χ0) is 15.4. The Labute approximate surface area is 121 Å². The topological polar surface area (TPSA) is 106 Å². The van der Waals surface area contributed by atoms with E-state index in [0.29, 0.717) is 25.1 Å². The number of hydrogen-bond donors (Lipinski definition) is 1.